The lowest BCUT2D eigenvalue weighted by molar-refractivity contribution is -0.142. The Kier molecular flexibility index (Phi) is 12.0. The lowest BCUT2D eigenvalue weighted by atomic mass is 10.0. The van der Waals surface area contributed by atoms with Crippen LogP contribution in [0.2, 0.25) is 0 Å². The third-order valence-corrected chi connectivity index (χ3v) is 8.24. The second-order valence-corrected chi connectivity index (χ2v) is 11.7. The molecule has 6 N–H and O–H groups in total. The molecule has 45 heavy (non-hydrogen) atoms. The van der Waals surface area contributed by atoms with Crippen LogP contribution in [0.5, 0.6) is 5.75 Å². The number of nitrogens with zero attached hydrogens (tertiary/aromatic N) is 1. The molecular formula is C29H37FN6O8S. The Balaban J connectivity index is 1.78. The maximum atomic E-state index is 13.8. The van der Waals surface area contributed by atoms with Crippen LogP contribution in [0, 0.1) is 0 Å². The zero-order chi connectivity index (χ0) is 33.3. The molecule has 0 radical (unpaired) electrons. The van der Waals surface area contributed by atoms with E-state index in [0.29, 0.717) is 6.42 Å². The molecule has 1 heterocycles. The van der Waals surface area contributed by atoms with E-state index in [2.05, 4.69) is 21.3 Å². The number of primary amides is 1. The van der Waals surface area contributed by atoms with E-state index < -0.39 is 81.1 Å². The monoisotopic (exact) mass is 648 g/mol. The standard InChI is InChI=1S/C29H37FN6O8S/c1-17(32-2)26(38)35-21(16-33-27(39)19-11-12-24(45(30,42)43)23(15-19)44-3)29(41)36-13-7-10-22(36)28(40)34-20(25(31)37)14-18-8-5-4-6-9-18/h4-6,8-9,11-12,15,17,20-22,32H,7,10,13-14,16H2,1-3H3,(H2,31,37)(H,33,39)(H,34,40)(H,35,38)/t17-,20-,21-,22-/m0/s1. The van der Waals surface area contributed by atoms with Gasteiger partial charge in [-0.25, -0.2) is 0 Å². The number of nitrogens with two attached hydrogens (primary N) is 1. The normalized spacial score (nSPS) is 16.6. The lowest BCUT2D eigenvalue weighted by Gasteiger charge is -2.30. The minimum atomic E-state index is -5.12. The number of nitrogens with one attached hydrogen (secondary N) is 4. The summed E-state index contributed by atoms with van der Waals surface area (Å²) in [6.45, 7) is 1.33. The smallest absolute Gasteiger partial charge is 0.335 e. The molecule has 0 aliphatic carbocycles. The summed E-state index contributed by atoms with van der Waals surface area (Å²) in [4.78, 5) is 65.4. The van der Waals surface area contributed by atoms with Gasteiger partial charge in [0.1, 0.15) is 28.8 Å². The van der Waals surface area contributed by atoms with Crippen molar-refractivity contribution in [3.05, 3.63) is 59.7 Å². The van der Waals surface area contributed by atoms with Crippen molar-refractivity contribution in [2.24, 2.45) is 5.73 Å². The summed E-state index contributed by atoms with van der Waals surface area (Å²) >= 11 is 0. The van der Waals surface area contributed by atoms with Crippen LogP contribution in [0.15, 0.2) is 53.4 Å². The van der Waals surface area contributed by atoms with E-state index >= 15 is 0 Å². The maximum absolute atomic E-state index is 13.8. The lowest BCUT2D eigenvalue weighted by Crippen LogP contribution is -2.59. The van der Waals surface area contributed by atoms with E-state index in [9.17, 15) is 36.3 Å². The predicted octanol–water partition coefficient (Wildman–Crippen LogP) is -0.620. The highest BCUT2D eigenvalue weighted by atomic mass is 32.3. The molecule has 244 valence electrons. The Morgan fingerprint density at radius 2 is 1.76 bits per heavy atom. The number of carbonyl (C=O) groups is 5. The van der Waals surface area contributed by atoms with Gasteiger partial charge >= 0.3 is 10.2 Å². The molecule has 1 fully saturated rings. The topological polar surface area (TPSA) is 206 Å². The average molecular weight is 649 g/mol. The van der Waals surface area contributed by atoms with Crippen molar-refractivity contribution in [3.8, 4) is 5.75 Å². The molecule has 4 atom stereocenters. The number of hydrogen-bond acceptors (Lipinski definition) is 9. The molecular weight excluding hydrogens is 611 g/mol. The van der Waals surface area contributed by atoms with Gasteiger partial charge in [-0.1, -0.05) is 30.3 Å². The molecule has 0 saturated carbocycles. The van der Waals surface area contributed by atoms with E-state index in [-0.39, 0.29) is 24.9 Å². The van der Waals surface area contributed by atoms with Gasteiger partial charge < -0.3 is 36.6 Å². The first kappa shape index (κ1) is 34.9. The van der Waals surface area contributed by atoms with Gasteiger partial charge in [0.05, 0.1) is 13.2 Å². The van der Waals surface area contributed by atoms with Crippen molar-refractivity contribution >= 4 is 39.8 Å². The number of ether oxygens (including phenoxy) is 1. The number of likely N-dealkylation sites (tertiary alicyclic amines) is 1. The summed E-state index contributed by atoms with van der Waals surface area (Å²) in [7, 11) is -2.47. The Labute approximate surface area is 260 Å². The van der Waals surface area contributed by atoms with Crippen molar-refractivity contribution in [2.45, 2.75) is 55.2 Å². The first-order chi connectivity index (χ1) is 21.3. The van der Waals surface area contributed by atoms with Gasteiger partial charge in [-0.15, -0.1) is 3.89 Å². The fourth-order valence-corrected chi connectivity index (χ4v) is 5.39. The number of amides is 5. The van der Waals surface area contributed by atoms with E-state index in [4.69, 9.17) is 10.5 Å². The molecule has 5 amide bonds. The molecule has 2 aromatic rings. The molecule has 0 aromatic heterocycles. The van der Waals surface area contributed by atoms with Crippen LogP contribution in [-0.2, 0) is 35.8 Å². The highest BCUT2D eigenvalue weighted by Crippen LogP contribution is 2.26. The van der Waals surface area contributed by atoms with Crippen molar-refractivity contribution in [1.29, 1.82) is 0 Å². The second-order valence-electron chi connectivity index (χ2n) is 10.4. The molecule has 0 unspecified atom stereocenters. The third-order valence-electron chi connectivity index (χ3n) is 7.38. The number of likely N-dealkylation sites (N-methyl/N-ethyl adjacent to an activating group) is 1. The fraction of sp³-hybridized carbons (Fsp3) is 0.414. The molecule has 2 aromatic carbocycles. The summed E-state index contributed by atoms with van der Waals surface area (Å²) in [5.74, 6) is -3.72. The Morgan fingerprint density at radius 1 is 1.07 bits per heavy atom. The first-order valence-electron chi connectivity index (χ1n) is 14.1. The number of carbonyl (C=O) groups excluding carboxylic acids is 5. The van der Waals surface area contributed by atoms with Gasteiger partial charge in [-0.05, 0) is 50.6 Å². The molecule has 14 nitrogen and oxygen atoms in total. The summed E-state index contributed by atoms with van der Waals surface area (Å²) in [6, 6.07) is 7.89. The van der Waals surface area contributed by atoms with Crippen LogP contribution in [-0.4, -0.2) is 94.3 Å². The predicted molar refractivity (Wildman–Crippen MR) is 160 cm³/mol. The van der Waals surface area contributed by atoms with Crippen LogP contribution < -0.4 is 31.7 Å². The van der Waals surface area contributed by atoms with E-state index in [1.807, 2.05) is 6.07 Å². The van der Waals surface area contributed by atoms with Crippen LogP contribution in [0.4, 0.5) is 3.89 Å². The summed E-state index contributed by atoms with van der Waals surface area (Å²) in [5.41, 5.74) is 6.22. The molecule has 1 saturated heterocycles. The second kappa shape index (κ2) is 15.4. The van der Waals surface area contributed by atoms with Gasteiger partial charge in [0, 0.05) is 25.1 Å². The summed E-state index contributed by atoms with van der Waals surface area (Å²) < 4.78 is 41.2. The number of methoxy groups -OCH3 is 1. The largest absolute Gasteiger partial charge is 0.495 e. The minimum Gasteiger partial charge on any atom is -0.495 e. The zero-order valence-electron chi connectivity index (χ0n) is 25.0. The average Bonchev–Trinajstić information content (AvgIpc) is 3.51. The first-order valence-corrected chi connectivity index (χ1v) is 15.5. The van der Waals surface area contributed by atoms with E-state index in [1.165, 1.54) is 4.90 Å². The van der Waals surface area contributed by atoms with Crippen LogP contribution in [0.1, 0.15) is 35.7 Å². The fourth-order valence-electron chi connectivity index (χ4n) is 4.78. The van der Waals surface area contributed by atoms with Gasteiger partial charge in [-0.2, -0.15) is 8.42 Å². The molecule has 16 heteroatoms. The van der Waals surface area contributed by atoms with Crippen molar-refractivity contribution in [1.82, 2.24) is 26.2 Å². The Morgan fingerprint density at radius 3 is 2.36 bits per heavy atom. The minimum absolute atomic E-state index is 0.102. The van der Waals surface area contributed by atoms with Gasteiger partial charge in [0.2, 0.25) is 23.6 Å². The third kappa shape index (κ3) is 9.21. The van der Waals surface area contributed by atoms with Gasteiger partial charge in [0.25, 0.3) is 5.91 Å². The van der Waals surface area contributed by atoms with Crippen LogP contribution in [0.3, 0.4) is 0 Å². The Bertz CT molecular complexity index is 1520. The molecule has 3 rings (SSSR count). The molecule has 1 aliphatic heterocycles. The van der Waals surface area contributed by atoms with Crippen molar-refractivity contribution in [3.63, 3.8) is 0 Å². The van der Waals surface area contributed by atoms with E-state index in [1.54, 1.807) is 38.2 Å². The number of halogens is 1. The molecule has 0 spiro atoms. The van der Waals surface area contributed by atoms with Gasteiger partial charge in [-0.3, -0.25) is 24.0 Å². The molecule has 1 aliphatic rings. The maximum Gasteiger partial charge on any atom is 0.335 e. The molecule has 0 bridgehead atoms. The van der Waals surface area contributed by atoms with Crippen molar-refractivity contribution in [2.75, 3.05) is 27.2 Å². The van der Waals surface area contributed by atoms with Crippen molar-refractivity contribution < 1.29 is 41.0 Å². The zero-order valence-corrected chi connectivity index (χ0v) is 25.9. The van der Waals surface area contributed by atoms with Crippen LogP contribution in [0.25, 0.3) is 0 Å². The van der Waals surface area contributed by atoms with Crippen LogP contribution >= 0.6 is 0 Å². The Hall–Kier alpha value is -4.57. The highest BCUT2D eigenvalue weighted by molar-refractivity contribution is 7.86. The number of hydrogen-bond donors (Lipinski definition) is 5. The van der Waals surface area contributed by atoms with Gasteiger partial charge in [0.15, 0.2) is 0 Å². The van der Waals surface area contributed by atoms with E-state index in [0.717, 1.165) is 30.9 Å². The summed E-state index contributed by atoms with van der Waals surface area (Å²) in [5, 5.41) is 10.5. The summed E-state index contributed by atoms with van der Waals surface area (Å²) in [6.07, 6.45) is 0.906. The highest BCUT2D eigenvalue weighted by Gasteiger charge is 2.39. The number of benzene rings is 2. The number of rotatable bonds is 14. The SMILES string of the molecule is CN[C@@H](C)C(=O)N[C@@H](CNC(=O)c1ccc(S(=O)(=O)F)c(OC)c1)C(=O)N1CCC[C@H]1C(=O)N[C@@H](Cc1ccccc1)C(N)=O. The quantitative estimate of drug-likeness (QED) is 0.165.